The lowest BCUT2D eigenvalue weighted by Gasteiger charge is -2.14. The van der Waals surface area contributed by atoms with Crippen LogP contribution in [0.1, 0.15) is 11.1 Å². The molecule has 0 aliphatic heterocycles. The molecule has 2 aromatic heterocycles. The van der Waals surface area contributed by atoms with Gasteiger partial charge in [0.15, 0.2) is 0 Å². The van der Waals surface area contributed by atoms with E-state index in [1.807, 2.05) is 54.6 Å². The fourth-order valence-electron chi connectivity index (χ4n) is 4.12. The highest BCUT2D eigenvalue weighted by molar-refractivity contribution is 5.98. The van der Waals surface area contributed by atoms with Gasteiger partial charge in [0, 0.05) is 29.4 Å². The summed E-state index contributed by atoms with van der Waals surface area (Å²) in [5.41, 5.74) is 9.63. The molecule has 0 saturated heterocycles. The SMILES string of the molecule is NCc1ccc(-c2nc3c(-c4cccc(C(F)(F)F)c4)c[nH]c(=O)c3cc2-c2ccccc2)cc1. The first-order chi connectivity index (χ1) is 16.8. The van der Waals surface area contributed by atoms with Gasteiger partial charge in [0.2, 0.25) is 0 Å². The fourth-order valence-corrected chi connectivity index (χ4v) is 4.12. The molecule has 0 aliphatic carbocycles. The molecule has 174 valence electrons. The minimum atomic E-state index is -4.49. The molecule has 4 nitrogen and oxygen atoms in total. The average molecular weight is 471 g/mol. The second-order valence-electron chi connectivity index (χ2n) is 8.16. The fraction of sp³-hybridized carbons (Fsp3) is 0.0714. The first-order valence-electron chi connectivity index (χ1n) is 10.9. The van der Waals surface area contributed by atoms with Gasteiger partial charge in [0.05, 0.1) is 22.2 Å². The highest BCUT2D eigenvalue weighted by atomic mass is 19.4. The van der Waals surface area contributed by atoms with Crippen molar-refractivity contribution in [2.75, 3.05) is 0 Å². The number of aromatic nitrogens is 2. The summed E-state index contributed by atoms with van der Waals surface area (Å²) in [5, 5.41) is 0.293. The topological polar surface area (TPSA) is 71.8 Å². The van der Waals surface area contributed by atoms with E-state index in [-0.39, 0.29) is 5.56 Å². The summed E-state index contributed by atoms with van der Waals surface area (Å²) in [5.74, 6) is 0. The molecule has 3 N–H and O–H groups in total. The maximum atomic E-state index is 13.4. The van der Waals surface area contributed by atoms with Crippen molar-refractivity contribution in [3.05, 3.63) is 113 Å². The molecule has 0 unspecified atom stereocenters. The number of H-pyrrole nitrogens is 1. The summed E-state index contributed by atoms with van der Waals surface area (Å²) >= 11 is 0. The number of hydrogen-bond donors (Lipinski definition) is 2. The molecule has 0 radical (unpaired) electrons. The Morgan fingerprint density at radius 1 is 0.800 bits per heavy atom. The molecule has 0 aliphatic rings. The summed E-state index contributed by atoms with van der Waals surface area (Å²) < 4.78 is 40.1. The van der Waals surface area contributed by atoms with E-state index in [4.69, 9.17) is 10.7 Å². The molecule has 0 spiro atoms. The number of alkyl halides is 3. The second-order valence-corrected chi connectivity index (χ2v) is 8.16. The smallest absolute Gasteiger partial charge is 0.328 e. The number of halogens is 3. The predicted octanol–water partition coefficient (Wildman–Crippen LogP) is 6.40. The van der Waals surface area contributed by atoms with Gasteiger partial charge in [-0.25, -0.2) is 4.98 Å². The van der Waals surface area contributed by atoms with Crippen molar-refractivity contribution in [2.24, 2.45) is 5.73 Å². The maximum absolute atomic E-state index is 13.4. The highest BCUT2D eigenvalue weighted by Crippen LogP contribution is 2.37. The normalized spacial score (nSPS) is 11.7. The lowest BCUT2D eigenvalue weighted by atomic mass is 9.95. The standard InChI is InChI=1S/C28H20F3N3O/c29-28(30,31)21-8-4-7-20(13-21)24-16-33-27(35)23-14-22(18-5-2-1-3-6-18)25(34-26(23)24)19-11-9-17(15-32)10-12-19/h1-14,16H,15,32H2,(H,33,35). The molecule has 5 rings (SSSR count). The van der Waals surface area contributed by atoms with Crippen LogP contribution in [0, 0.1) is 0 Å². The van der Waals surface area contributed by atoms with Crippen LogP contribution in [0.3, 0.4) is 0 Å². The van der Waals surface area contributed by atoms with Crippen molar-refractivity contribution in [2.45, 2.75) is 12.7 Å². The van der Waals surface area contributed by atoms with Crippen molar-refractivity contribution >= 4 is 10.9 Å². The first-order valence-corrected chi connectivity index (χ1v) is 10.9. The van der Waals surface area contributed by atoms with Crippen LogP contribution in [0.4, 0.5) is 13.2 Å². The Morgan fingerprint density at radius 3 is 2.20 bits per heavy atom. The molecule has 0 atom stereocenters. The number of aromatic amines is 1. The maximum Gasteiger partial charge on any atom is 0.416 e. The van der Waals surface area contributed by atoms with Crippen molar-refractivity contribution < 1.29 is 13.2 Å². The number of nitrogens with zero attached hydrogens (tertiary/aromatic N) is 1. The van der Waals surface area contributed by atoms with E-state index in [9.17, 15) is 18.0 Å². The summed E-state index contributed by atoms with van der Waals surface area (Å²) in [6, 6.07) is 23.9. The zero-order valence-corrected chi connectivity index (χ0v) is 18.4. The summed E-state index contributed by atoms with van der Waals surface area (Å²) in [4.78, 5) is 20.3. The van der Waals surface area contributed by atoms with Gasteiger partial charge >= 0.3 is 6.18 Å². The number of hydrogen-bond acceptors (Lipinski definition) is 3. The Morgan fingerprint density at radius 2 is 1.51 bits per heavy atom. The van der Waals surface area contributed by atoms with E-state index >= 15 is 0 Å². The lowest BCUT2D eigenvalue weighted by Crippen LogP contribution is -2.09. The van der Waals surface area contributed by atoms with Crippen molar-refractivity contribution in [3.8, 4) is 33.5 Å². The Labute approximate surface area is 198 Å². The van der Waals surface area contributed by atoms with Crippen molar-refractivity contribution in [1.29, 1.82) is 0 Å². The zero-order valence-electron chi connectivity index (χ0n) is 18.4. The van der Waals surface area contributed by atoms with Gasteiger partial charge in [-0.1, -0.05) is 66.7 Å². The van der Waals surface area contributed by atoms with E-state index in [1.165, 1.54) is 12.3 Å². The monoisotopic (exact) mass is 471 g/mol. The van der Waals surface area contributed by atoms with E-state index in [0.717, 1.165) is 34.4 Å². The Hall–Kier alpha value is -4.23. The molecular formula is C28H20F3N3O. The van der Waals surface area contributed by atoms with Crippen LogP contribution in [0.5, 0.6) is 0 Å². The molecule has 0 saturated carbocycles. The number of benzene rings is 3. The van der Waals surface area contributed by atoms with Crippen LogP contribution < -0.4 is 11.3 Å². The summed E-state index contributed by atoms with van der Waals surface area (Å²) in [6.45, 7) is 0.395. The Bertz CT molecular complexity index is 1570. The van der Waals surface area contributed by atoms with Crippen molar-refractivity contribution in [1.82, 2.24) is 9.97 Å². The second kappa shape index (κ2) is 8.85. The van der Waals surface area contributed by atoms with Gasteiger partial charge in [-0.05, 0) is 34.9 Å². The number of nitrogens with two attached hydrogens (primary N) is 1. The molecule has 3 aromatic carbocycles. The van der Waals surface area contributed by atoms with E-state index in [0.29, 0.717) is 34.3 Å². The third-order valence-electron chi connectivity index (χ3n) is 5.92. The average Bonchev–Trinajstić information content (AvgIpc) is 2.88. The van der Waals surface area contributed by atoms with E-state index < -0.39 is 11.7 Å². The number of pyridine rings is 2. The molecule has 35 heavy (non-hydrogen) atoms. The molecule has 0 bridgehead atoms. The number of fused-ring (bicyclic) bond motifs is 1. The molecule has 0 fully saturated rings. The molecular weight excluding hydrogens is 451 g/mol. The van der Waals surface area contributed by atoms with Gasteiger partial charge in [-0.2, -0.15) is 13.2 Å². The predicted molar refractivity (Wildman–Crippen MR) is 132 cm³/mol. The molecule has 7 heteroatoms. The first kappa shape index (κ1) is 22.6. The van der Waals surface area contributed by atoms with Crippen LogP contribution in [0.25, 0.3) is 44.4 Å². The molecule has 2 heterocycles. The minimum absolute atomic E-state index is 0.293. The number of nitrogens with one attached hydrogen (secondary N) is 1. The van der Waals surface area contributed by atoms with Gasteiger partial charge < -0.3 is 10.7 Å². The van der Waals surface area contributed by atoms with Crippen LogP contribution in [-0.4, -0.2) is 9.97 Å². The quantitative estimate of drug-likeness (QED) is 0.319. The number of rotatable bonds is 4. The van der Waals surface area contributed by atoms with Gasteiger partial charge in [0.25, 0.3) is 5.56 Å². The lowest BCUT2D eigenvalue weighted by molar-refractivity contribution is -0.137. The Kier molecular flexibility index (Phi) is 5.70. The van der Waals surface area contributed by atoms with Gasteiger partial charge in [-0.3, -0.25) is 4.79 Å². The third-order valence-corrected chi connectivity index (χ3v) is 5.92. The van der Waals surface area contributed by atoms with Crippen molar-refractivity contribution in [3.63, 3.8) is 0 Å². The summed E-state index contributed by atoms with van der Waals surface area (Å²) in [7, 11) is 0. The highest BCUT2D eigenvalue weighted by Gasteiger charge is 2.30. The third kappa shape index (κ3) is 4.34. The minimum Gasteiger partial charge on any atom is -0.328 e. The van der Waals surface area contributed by atoms with Crippen LogP contribution in [0.2, 0.25) is 0 Å². The summed E-state index contributed by atoms with van der Waals surface area (Å²) in [6.07, 6.45) is -3.07. The van der Waals surface area contributed by atoms with Crippen LogP contribution in [-0.2, 0) is 12.7 Å². The molecule has 0 amide bonds. The van der Waals surface area contributed by atoms with E-state index in [2.05, 4.69) is 4.98 Å². The van der Waals surface area contributed by atoms with Gasteiger partial charge in [-0.15, -0.1) is 0 Å². The van der Waals surface area contributed by atoms with Crippen LogP contribution in [0.15, 0.2) is 95.9 Å². The van der Waals surface area contributed by atoms with E-state index in [1.54, 1.807) is 12.1 Å². The largest absolute Gasteiger partial charge is 0.416 e. The van der Waals surface area contributed by atoms with Crippen LogP contribution >= 0.6 is 0 Å². The molecule has 5 aromatic rings. The zero-order chi connectivity index (χ0) is 24.6. The van der Waals surface area contributed by atoms with Gasteiger partial charge in [0.1, 0.15) is 0 Å². The Balaban J connectivity index is 1.81.